The summed E-state index contributed by atoms with van der Waals surface area (Å²) in [5.74, 6) is 1.51. The van der Waals surface area contributed by atoms with Gasteiger partial charge in [0.05, 0.1) is 30.9 Å². The largest absolute Gasteiger partial charge is 0.494 e. The number of H-pyrrole nitrogens is 1. The Hall–Kier alpha value is -3.64. The molecule has 0 spiro atoms. The molecule has 13 heteroatoms. The van der Waals surface area contributed by atoms with E-state index >= 15 is 0 Å². The van der Waals surface area contributed by atoms with Crippen molar-refractivity contribution in [1.29, 1.82) is 0 Å². The van der Waals surface area contributed by atoms with E-state index in [2.05, 4.69) is 76.8 Å². The number of methoxy groups -OCH3 is 1. The van der Waals surface area contributed by atoms with Crippen LogP contribution in [0.2, 0.25) is 10.0 Å². The lowest BCUT2D eigenvalue weighted by atomic mass is 10.0. The predicted molar refractivity (Wildman–Crippen MR) is 172 cm³/mol. The van der Waals surface area contributed by atoms with E-state index in [9.17, 15) is 0 Å². The van der Waals surface area contributed by atoms with Crippen molar-refractivity contribution in [1.82, 2.24) is 35.2 Å². The number of anilines is 5. The third-order valence-electron chi connectivity index (χ3n) is 8.29. The van der Waals surface area contributed by atoms with Crippen LogP contribution in [-0.2, 0) is 0 Å². The predicted octanol–water partition coefficient (Wildman–Crippen LogP) is 5.59. The number of piperazine rings is 1. The van der Waals surface area contributed by atoms with Gasteiger partial charge in [0.25, 0.3) is 0 Å². The van der Waals surface area contributed by atoms with Crippen LogP contribution < -0.4 is 20.3 Å². The molecule has 0 aliphatic carbocycles. The Labute approximate surface area is 261 Å². The van der Waals surface area contributed by atoms with Crippen LogP contribution >= 0.6 is 23.2 Å². The van der Waals surface area contributed by atoms with Gasteiger partial charge in [0.15, 0.2) is 5.82 Å². The molecule has 11 nitrogen and oxygen atoms in total. The number of likely N-dealkylation sites (N-methyl/N-ethyl adjacent to an activating group) is 1. The molecule has 2 aliphatic rings. The zero-order valence-electron chi connectivity index (χ0n) is 24.6. The van der Waals surface area contributed by atoms with Gasteiger partial charge in [-0.25, -0.2) is 4.98 Å². The molecule has 2 aromatic heterocycles. The average molecular weight is 624 g/mol. The Morgan fingerprint density at radius 2 is 1.74 bits per heavy atom. The number of piperidine rings is 1. The molecule has 2 saturated heterocycles. The van der Waals surface area contributed by atoms with Gasteiger partial charge in [-0.15, -0.1) is 0 Å². The number of halogens is 2. The Morgan fingerprint density at radius 3 is 2.47 bits per heavy atom. The molecule has 2 aromatic carbocycles. The molecule has 0 unspecified atom stereocenters. The van der Waals surface area contributed by atoms with E-state index in [4.69, 9.17) is 27.9 Å². The summed E-state index contributed by atoms with van der Waals surface area (Å²) < 4.78 is 5.82. The molecular weight excluding hydrogens is 587 g/mol. The minimum atomic E-state index is 0.357. The quantitative estimate of drug-likeness (QED) is 0.230. The van der Waals surface area contributed by atoms with Crippen molar-refractivity contribution in [2.45, 2.75) is 25.8 Å². The molecule has 3 N–H and O–H groups in total. The summed E-state index contributed by atoms with van der Waals surface area (Å²) in [6, 6.07) is 10.3. The van der Waals surface area contributed by atoms with Crippen molar-refractivity contribution in [2.75, 3.05) is 69.0 Å². The minimum Gasteiger partial charge on any atom is -0.494 e. The summed E-state index contributed by atoms with van der Waals surface area (Å²) in [5.41, 5.74) is 5.26. The molecule has 0 saturated carbocycles. The minimum absolute atomic E-state index is 0.357. The van der Waals surface area contributed by atoms with Crippen LogP contribution in [-0.4, -0.2) is 94.6 Å². The third kappa shape index (κ3) is 6.65. The Morgan fingerprint density at radius 1 is 0.953 bits per heavy atom. The number of nitrogens with zero attached hydrogens (tertiary/aromatic N) is 7. The number of nitrogens with one attached hydrogen (secondary N) is 3. The zero-order valence-corrected chi connectivity index (χ0v) is 26.1. The fourth-order valence-electron chi connectivity index (χ4n) is 5.88. The highest BCUT2D eigenvalue weighted by atomic mass is 35.5. The van der Waals surface area contributed by atoms with Crippen LogP contribution in [0, 0.1) is 6.92 Å². The van der Waals surface area contributed by atoms with Crippen LogP contribution in [0.25, 0.3) is 11.3 Å². The van der Waals surface area contributed by atoms with Crippen LogP contribution in [0.15, 0.2) is 42.7 Å². The number of hydrogen-bond acceptors (Lipinski definition) is 10. The number of aromatic nitrogens is 5. The molecule has 2 fully saturated rings. The van der Waals surface area contributed by atoms with Crippen LogP contribution in [0.5, 0.6) is 5.75 Å². The van der Waals surface area contributed by atoms with Crippen molar-refractivity contribution in [3.63, 3.8) is 0 Å². The van der Waals surface area contributed by atoms with E-state index in [-0.39, 0.29) is 0 Å². The highest BCUT2D eigenvalue weighted by molar-refractivity contribution is 6.33. The average Bonchev–Trinajstić information content (AvgIpc) is 3.55. The third-order valence-corrected chi connectivity index (χ3v) is 8.81. The molecular formula is C30H36Cl2N10O. The number of hydrogen-bond donors (Lipinski definition) is 3. The summed E-state index contributed by atoms with van der Waals surface area (Å²) in [7, 11) is 3.89. The fraction of sp³-hybridized carbons (Fsp3) is 0.400. The van der Waals surface area contributed by atoms with Gasteiger partial charge in [0, 0.05) is 67.7 Å². The Kier molecular flexibility index (Phi) is 8.85. The maximum absolute atomic E-state index is 6.51. The van der Waals surface area contributed by atoms with Crippen LogP contribution in [0.3, 0.4) is 0 Å². The van der Waals surface area contributed by atoms with Gasteiger partial charge in [-0.1, -0.05) is 23.2 Å². The molecule has 0 amide bonds. The molecule has 6 rings (SSSR count). The van der Waals surface area contributed by atoms with E-state index in [1.54, 1.807) is 31.6 Å². The zero-order chi connectivity index (χ0) is 29.9. The van der Waals surface area contributed by atoms with Crippen molar-refractivity contribution in [3.8, 4) is 17.0 Å². The van der Waals surface area contributed by atoms with Crippen molar-refractivity contribution in [2.24, 2.45) is 0 Å². The lowest BCUT2D eigenvalue weighted by molar-refractivity contribution is 0.0982. The standard InChI is InChI=1S/C30H36Cl2N10O/c1-19-14-25(28(43-3)16-27(19)42-8-6-21(7-9-42)41-12-10-40(2)11-13-41)36-30-33-17-23(32)29(37-30)35-24-15-20(31)4-5-22(24)26-18-34-39-38-26/h4-5,14-18,21H,6-13H2,1-3H3,(H,34,38,39)(H2,33,35,36,37). The highest BCUT2D eigenvalue weighted by Gasteiger charge is 2.27. The summed E-state index contributed by atoms with van der Waals surface area (Å²) >= 11 is 12.8. The fourth-order valence-corrected chi connectivity index (χ4v) is 6.19. The topological polar surface area (TPSA) is 110 Å². The number of aromatic amines is 1. The molecule has 226 valence electrons. The second-order valence-corrected chi connectivity index (χ2v) is 11.9. The van der Waals surface area contributed by atoms with Crippen LogP contribution in [0.4, 0.5) is 28.8 Å². The Balaban J connectivity index is 1.18. The first-order valence-electron chi connectivity index (χ1n) is 14.5. The van der Waals surface area contributed by atoms with Gasteiger partial charge in [-0.2, -0.15) is 20.4 Å². The van der Waals surface area contributed by atoms with E-state index in [1.165, 1.54) is 31.6 Å². The smallest absolute Gasteiger partial charge is 0.229 e. The monoisotopic (exact) mass is 622 g/mol. The van der Waals surface area contributed by atoms with E-state index < -0.39 is 0 Å². The molecule has 4 heterocycles. The number of rotatable bonds is 8. The summed E-state index contributed by atoms with van der Waals surface area (Å²) in [6.45, 7) is 8.84. The summed E-state index contributed by atoms with van der Waals surface area (Å²) in [4.78, 5) is 16.7. The molecule has 4 aromatic rings. The molecule has 0 radical (unpaired) electrons. The lowest BCUT2D eigenvalue weighted by Crippen LogP contribution is -2.52. The number of aryl methyl sites for hydroxylation is 1. The van der Waals surface area contributed by atoms with Crippen molar-refractivity contribution >= 4 is 52.0 Å². The maximum Gasteiger partial charge on any atom is 0.229 e. The Bertz CT molecular complexity index is 1550. The van der Waals surface area contributed by atoms with Crippen LogP contribution in [0.1, 0.15) is 18.4 Å². The summed E-state index contributed by atoms with van der Waals surface area (Å²) in [5, 5.41) is 18.3. The normalized spacial score (nSPS) is 16.8. The lowest BCUT2D eigenvalue weighted by Gasteiger charge is -2.43. The van der Waals surface area contributed by atoms with Gasteiger partial charge >= 0.3 is 0 Å². The van der Waals surface area contributed by atoms with E-state index in [1.807, 2.05) is 6.07 Å². The SMILES string of the molecule is COc1cc(N2CCC(N3CCN(C)CC3)CC2)c(C)cc1Nc1ncc(Cl)c(Nc2cc(Cl)ccc2-c2cn[nH]n2)n1. The second-order valence-electron chi connectivity index (χ2n) is 11.1. The molecule has 2 aliphatic heterocycles. The number of benzene rings is 2. The highest BCUT2D eigenvalue weighted by Crippen LogP contribution is 2.37. The van der Waals surface area contributed by atoms with Gasteiger partial charge in [0.2, 0.25) is 5.95 Å². The van der Waals surface area contributed by atoms with Gasteiger partial charge in [-0.05, 0) is 56.6 Å². The molecule has 0 atom stereocenters. The first-order chi connectivity index (χ1) is 20.9. The number of ether oxygens (including phenoxy) is 1. The van der Waals surface area contributed by atoms with Gasteiger partial charge in [0.1, 0.15) is 16.5 Å². The van der Waals surface area contributed by atoms with Gasteiger partial charge in [-0.3, -0.25) is 4.90 Å². The van der Waals surface area contributed by atoms with E-state index in [0.717, 1.165) is 48.7 Å². The summed E-state index contributed by atoms with van der Waals surface area (Å²) in [6.07, 6.45) is 5.53. The first-order valence-corrected chi connectivity index (χ1v) is 15.2. The molecule has 43 heavy (non-hydrogen) atoms. The van der Waals surface area contributed by atoms with E-state index in [0.29, 0.717) is 39.2 Å². The van der Waals surface area contributed by atoms with Crippen molar-refractivity contribution < 1.29 is 4.74 Å². The second kappa shape index (κ2) is 12.9. The van der Waals surface area contributed by atoms with Crippen molar-refractivity contribution in [3.05, 3.63) is 58.3 Å². The molecule has 0 bridgehead atoms. The van der Waals surface area contributed by atoms with Gasteiger partial charge < -0.3 is 25.2 Å². The maximum atomic E-state index is 6.51. The first kappa shape index (κ1) is 29.4.